The fourth-order valence-corrected chi connectivity index (χ4v) is 3.53. The molecule has 0 aromatic heterocycles. The van der Waals surface area contributed by atoms with E-state index in [-0.39, 0.29) is 6.61 Å². The first-order chi connectivity index (χ1) is 16.9. The van der Waals surface area contributed by atoms with Crippen LogP contribution in [0.1, 0.15) is 33.6 Å². The number of rotatable bonds is 11. The summed E-state index contributed by atoms with van der Waals surface area (Å²) < 4.78 is 55.0. The van der Waals surface area contributed by atoms with Gasteiger partial charge in [0.1, 0.15) is 0 Å². The number of hydrogen-bond acceptors (Lipinski definition) is 11. The molecule has 2 aliphatic heterocycles. The summed E-state index contributed by atoms with van der Waals surface area (Å²) in [5.41, 5.74) is 0. The first kappa shape index (κ1) is 38.1. The zero-order valence-corrected chi connectivity index (χ0v) is 25.3. The standard InChI is InChI=1S/C8H17NO4S.C7H15NO2.C6H15N.CH3ClO2S/c1-14(10,11)13-6-2-3-9-4-7-12-8-5-9;9-5-1-2-8-3-6-10-7-4-8;1-4-7(5-2)6-3;1-5(2,3)4/h2-8H2,1H3;9H,1-7H2;4-6H2,1-3H3;1H3. The van der Waals surface area contributed by atoms with Crippen LogP contribution in [0.5, 0.6) is 0 Å². The molecule has 0 bridgehead atoms. The van der Waals surface area contributed by atoms with Gasteiger partial charge in [0.05, 0.1) is 45.5 Å². The van der Waals surface area contributed by atoms with Crippen LogP contribution in [-0.2, 0) is 32.8 Å². The zero-order chi connectivity index (χ0) is 27.9. The maximum Gasteiger partial charge on any atom is 0.264 e. The van der Waals surface area contributed by atoms with Crippen LogP contribution in [0, 0.1) is 0 Å². The molecule has 2 saturated heterocycles. The van der Waals surface area contributed by atoms with Crippen molar-refractivity contribution in [2.45, 2.75) is 33.6 Å². The van der Waals surface area contributed by atoms with E-state index in [0.29, 0.717) is 6.61 Å². The highest BCUT2D eigenvalue weighted by atomic mass is 35.7. The van der Waals surface area contributed by atoms with Crippen LogP contribution in [0.25, 0.3) is 0 Å². The molecule has 0 aliphatic carbocycles. The number of morpholine rings is 2. The third kappa shape index (κ3) is 31.9. The van der Waals surface area contributed by atoms with Gasteiger partial charge in [0, 0.05) is 56.6 Å². The van der Waals surface area contributed by atoms with E-state index >= 15 is 0 Å². The Labute approximate surface area is 224 Å². The van der Waals surface area contributed by atoms with Crippen molar-refractivity contribution in [2.24, 2.45) is 0 Å². The fourth-order valence-electron chi connectivity index (χ4n) is 3.11. The predicted molar refractivity (Wildman–Crippen MR) is 146 cm³/mol. The van der Waals surface area contributed by atoms with E-state index in [1.54, 1.807) is 0 Å². The highest BCUT2D eigenvalue weighted by Crippen LogP contribution is 1.99. The molecule has 220 valence electrons. The molecule has 0 aromatic carbocycles. The maximum absolute atomic E-state index is 10.6. The van der Waals surface area contributed by atoms with Gasteiger partial charge in [-0.25, -0.2) is 8.42 Å². The van der Waals surface area contributed by atoms with Crippen LogP contribution in [0.3, 0.4) is 0 Å². The molecule has 0 radical (unpaired) electrons. The van der Waals surface area contributed by atoms with Crippen molar-refractivity contribution in [3.8, 4) is 0 Å². The van der Waals surface area contributed by atoms with Crippen molar-refractivity contribution < 1.29 is 35.6 Å². The van der Waals surface area contributed by atoms with E-state index in [1.807, 2.05) is 0 Å². The minimum absolute atomic E-state index is 0.274. The van der Waals surface area contributed by atoms with E-state index in [9.17, 15) is 16.8 Å². The minimum Gasteiger partial charge on any atom is -0.396 e. The second kappa shape index (κ2) is 24.0. The molecular weight excluding hydrogens is 534 g/mol. The predicted octanol–water partition coefficient (Wildman–Crippen LogP) is 0.919. The van der Waals surface area contributed by atoms with Gasteiger partial charge in [-0.2, -0.15) is 8.42 Å². The molecule has 0 amide bonds. The van der Waals surface area contributed by atoms with Gasteiger partial charge in [0.25, 0.3) is 10.1 Å². The van der Waals surface area contributed by atoms with Gasteiger partial charge in [-0.05, 0) is 32.5 Å². The van der Waals surface area contributed by atoms with Gasteiger partial charge in [0.15, 0.2) is 0 Å². The lowest BCUT2D eigenvalue weighted by atomic mass is 10.3. The van der Waals surface area contributed by atoms with Crippen LogP contribution < -0.4 is 0 Å². The Morgan fingerprint density at radius 3 is 1.44 bits per heavy atom. The quantitative estimate of drug-likeness (QED) is 0.212. The van der Waals surface area contributed by atoms with Gasteiger partial charge in [0.2, 0.25) is 9.05 Å². The Balaban J connectivity index is 0. The normalized spacial score (nSPS) is 17.2. The topological polar surface area (TPSA) is 126 Å². The van der Waals surface area contributed by atoms with Crippen molar-refractivity contribution >= 4 is 29.9 Å². The number of aliphatic hydroxyl groups is 1. The average molecular weight is 584 g/mol. The van der Waals surface area contributed by atoms with Gasteiger partial charge in [-0.1, -0.05) is 20.8 Å². The van der Waals surface area contributed by atoms with Gasteiger partial charge in [-0.3, -0.25) is 14.0 Å². The van der Waals surface area contributed by atoms with E-state index in [2.05, 4.69) is 50.3 Å². The Kier molecular flexibility index (Phi) is 25.4. The van der Waals surface area contributed by atoms with E-state index in [1.165, 1.54) is 19.6 Å². The third-order valence-corrected chi connectivity index (χ3v) is 5.69. The van der Waals surface area contributed by atoms with Crippen molar-refractivity contribution in [2.75, 3.05) is 111 Å². The highest BCUT2D eigenvalue weighted by Gasteiger charge is 2.10. The lowest BCUT2D eigenvalue weighted by Crippen LogP contribution is -2.37. The minimum atomic E-state index is -3.27. The summed E-state index contributed by atoms with van der Waals surface area (Å²) in [7, 11) is -1.96. The molecule has 36 heavy (non-hydrogen) atoms. The lowest BCUT2D eigenvalue weighted by molar-refractivity contribution is 0.0353. The molecule has 1 N–H and O–H groups in total. The molecular formula is C22H50ClN3O8S2. The molecule has 0 aromatic rings. The molecule has 0 spiro atoms. The SMILES string of the molecule is CCN(CC)CC.CS(=O)(=O)Cl.CS(=O)(=O)OCCCN1CCOCC1.OCCCN1CCOCC1. The Morgan fingerprint density at radius 2 is 1.17 bits per heavy atom. The molecule has 0 unspecified atom stereocenters. The summed E-state index contributed by atoms with van der Waals surface area (Å²) in [6, 6.07) is 0. The molecule has 2 heterocycles. The molecule has 11 nitrogen and oxygen atoms in total. The summed E-state index contributed by atoms with van der Waals surface area (Å²) in [5, 5.41) is 8.54. The van der Waals surface area contributed by atoms with Crippen LogP contribution in [0.2, 0.25) is 0 Å². The largest absolute Gasteiger partial charge is 0.396 e. The first-order valence-corrected chi connectivity index (χ1v) is 17.1. The van der Waals surface area contributed by atoms with Crippen molar-refractivity contribution in [3.05, 3.63) is 0 Å². The summed E-state index contributed by atoms with van der Waals surface area (Å²) in [6.07, 6.45) is 3.63. The van der Waals surface area contributed by atoms with Gasteiger partial charge < -0.3 is 19.5 Å². The number of ether oxygens (including phenoxy) is 2. The van der Waals surface area contributed by atoms with E-state index < -0.39 is 19.2 Å². The summed E-state index contributed by atoms with van der Waals surface area (Å²) in [4.78, 5) is 6.94. The van der Waals surface area contributed by atoms with E-state index in [4.69, 9.17) is 14.6 Å². The average Bonchev–Trinajstić information content (AvgIpc) is 2.82. The monoisotopic (exact) mass is 583 g/mol. The van der Waals surface area contributed by atoms with Crippen LogP contribution in [-0.4, -0.2) is 148 Å². The summed E-state index contributed by atoms with van der Waals surface area (Å²) in [6.45, 7) is 19.8. The second-order valence-electron chi connectivity index (χ2n) is 8.17. The molecule has 14 heteroatoms. The Morgan fingerprint density at radius 1 is 0.806 bits per heavy atom. The number of nitrogens with zero attached hydrogens (tertiary/aromatic N) is 3. The van der Waals surface area contributed by atoms with Gasteiger partial charge >= 0.3 is 0 Å². The second-order valence-corrected chi connectivity index (χ2v) is 12.9. The zero-order valence-electron chi connectivity index (χ0n) is 22.9. The lowest BCUT2D eigenvalue weighted by Gasteiger charge is -2.26. The van der Waals surface area contributed by atoms with Crippen LogP contribution in [0.4, 0.5) is 0 Å². The number of aliphatic hydroxyl groups excluding tert-OH is 1. The number of hydrogen-bond donors (Lipinski definition) is 1. The molecule has 2 aliphatic rings. The fraction of sp³-hybridized carbons (Fsp3) is 1.00. The first-order valence-electron chi connectivity index (χ1n) is 12.5. The Hall–Kier alpha value is -0.0900. The van der Waals surface area contributed by atoms with Crippen LogP contribution in [0.15, 0.2) is 0 Å². The molecule has 0 saturated carbocycles. The van der Waals surface area contributed by atoms with Gasteiger partial charge in [-0.15, -0.1) is 0 Å². The molecule has 0 atom stereocenters. The van der Waals surface area contributed by atoms with Crippen molar-refractivity contribution in [3.63, 3.8) is 0 Å². The summed E-state index contributed by atoms with van der Waals surface area (Å²) >= 11 is 0. The Bertz CT molecular complexity index is 670. The molecule has 2 rings (SSSR count). The molecule has 2 fully saturated rings. The van der Waals surface area contributed by atoms with Crippen molar-refractivity contribution in [1.82, 2.24) is 14.7 Å². The smallest absolute Gasteiger partial charge is 0.264 e. The van der Waals surface area contributed by atoms with Crippen LogP contribution >= 0.6 is 10.7 Å². The third-order valence-electron chi connectivity index (χ3n) is 5.10. The summed E-state index contributed by atoms with van der Waals surface area (Å²) in [5.74, 6) is 0. The van der Waals surface area contributed by atoms with Crippen molar-refractivity contribution in [1.29, 1.82) is 0 Å². The number of halogens is 1. The highest BCUT2D eigenvalue weighted by molar-refractivity contribution is 8.13. The maximum atomic E-state index is 10.6. The van der Waals surface area contributed by atoms with E-state index in [0.717, 1.165) is 91.0 Å².